The van der Waals surface area contributed by atoms with Crippen molar-refractivity contribution in [1.29, 1.82) is 0 Å². The topological polar surface area (TPSA) is 42.0 Å². The van der Waals surface area contributed by atoms with Crippen LogP contribution in [0.2, 0.25) is 0 Å². The molecule has 0 aliphatic heterocycles. The van der Waals surface area contributed by atoms with Gasteiger partial charge in [0.15, 0.2) is 5.13 Å². The van der Waals surface area contributed by atoms with Crippen molar-refractivity contribution in [3.05, 3.63) is 82.4 Å². The van der Waals surface area contributed by atoms with E-state index in [1.807, 2.05) is 67.8 Å². The van der Waals surface area contributed by atoms with E-state index in [-0.39, 0.29) is 11.8 Å². The molecular weight excluding hydrogens is 304 g/mol. The number of amides is 1. The lowest BCUT2D eigenvalue weighted by atomic mass is 9.89. The largest absolute Gasteiger partial charge is 0.301 e. The highest BCUT2D eigenvalue weighted by Crippen LogP contribution is 2.27. The Labute approximate surface area is 140 Å². The van der Waals surface area contributed by atoms with Crippen molar-refractivity contribution in [2.45, 2.75) is 19.8 Å². The lowest BCUT2D eigenvalue weighted by Gasteiger charge is -2.17. The molecule has 1 N–H and O–H groups in total. The average Bonchev–Trinajstić information content (AvgIpc) is 3.04. The molecule has 3 nitrogen and oxygen atoms in total. The summed E-state index contributed by atoms with van der Waals surface area (Å²) >= 11 is 1.42. The Morgan fingerprint density at radius 2 is 1.48 bits per heavy atom. The molecule has 0 atom stereocenters. The highest BCUT2D eigenvalue weighted by molar-refractivity contribution is 7.13. The third-order valence-electron chi connectivity index (χ3n) is 3.75. The second-order valence-electron chi connectivity index (χ2n) is 5.58. The minimum absolute atomic E-state index is 0.0624. The van der Waals surface area contributed by atoms with Gasteiger partial charge >= 0.3 is 0 Å². The Hall–Kier alpha value is -2.46. The van der Waals surface area contributed by atoms with E-state index in [9.17, 15) is 4.79 Å². The first kappa shape index (κ1) is 15.4. The molecule has 0 radical (unpaired) electrons. The summed E-state index contributed by atoms with van der Waals surface area (Å²) in [6.07, 6.45) is 1.69. The molecule has 0 aliphatic carbocycles. The number of aromatic nitrogens is 1. The zero-order valence-corrected chi connectivity index (χ0v) is 13.9. The molecule has 0 spiro atoms. The Morgan fingerprint density at radius 3 is 1.91 bits per heavy atom. The Balaban J connectivity index is 1.97. The predicted octanol–water partition coefficient (Wildman–Crippen LogP) is 4.53. The first-order valence-corrected chi connectivity index (χ1v) is 8.35. The van der Waals surface area contributed by atoms with Crippen molar-refractivity contribution < 1.29 is 4.79 Å². The second kappa shape index (κ2) is 6.75. The molecule has 0 saturated heterocycles. The van der Waals surface area contributed by atoms with Crippen LogP contribution in [0.1, 0.15) is 28.2 Å². The Kier molecular flexibility index (Phi) is 4.53. The lowest BCUT2D eigenvalue weighted by Crippen LogP contribution is -2.22. The van der Waals surface area contributed by atoms with Crippen LogP contribution in [0.5, 0.6) is 0 Å². The quantitative estimate of drug-likeness (QED) is 0.767. The Bertz CT molecular complexity index is 732. The third kappa shape index (κ3) is 3.66. The van der Waals surface area contributed by atoms with Gasteiger partial charge in [0.1, 0.15) is 0 Å². The van der Waals surface area contributed by atoms with Crippen LogP contribution in [-0.4, -0.2) is 10.9 Å². The van der Waals surface area contributed by atoms with Crippen LogP contribution in [0.15, 0.2) is 60.1 Å². The molecule has 0 bridgehead atoms. The summed E-state index contributed by atoms with van der Waals surface area (Å²) in [6.45, 7) is 4.08. The fraction of sp³-hybridized carbons (Fsp3) is 0.158. The summed E-state index contributed by atoms with van der Waals surface area (Å²) in [7, 11) is 0. The smallest absolute Gasteiger partial charge is 0.238 e. The van der Waals surface area contributed by atoms with Crippen molar-refractivity contribution >= 4 is 22.4 Å². The number of benzene rings is 2. The third-order valence-corrected chi connectivity index (χ3v) is 4.43. The van der Waals surface area contributed by atoms with Gasteiger partial charge in [-0.2, -0.15) is 0 Å². The molecule has 1 amide bonds. The van der Waals surface area contributed by atoms with Crippen LogP contribution in [0, 0.1) is 13.8 Å². The van der Waals surface area contributed by atoms with Gasteiger partial charge in [0.2, 0.25) is 5.91 Å². The van der Waals surface area contributed by atoms with Crippen LogP contribution in [-0.2, 0) is 4.79 Å². The molecule has 23 heavy (non-hydrogen) atoms. The van der Waals surface area contributed by atoms with Gasteiger partial charge in [-0.3, -0.25) is 4.79 Å². The van der Waals surface area contributed by atoms with Crippen molar-refractivity contribution in [3.8, 4) is 0 Å². The lowest BCUT2D eigenvalue weighted by molar-refractivity contribution is -0.116. The number of aryl methyl sites for hydroxylation is 2. The molecule has 1 heterocycles. The van der Waals surface area contributed by atoms with E-state index in [0.717, 1.165) is 11.1 Å². The highest BCUT2D eigenvalue weighted by atomic mass is 32.1. The van der Waals surface area contributed by atoms with Gasteiger partial charge < -0.3 is 5.32 Å². The van der Waals surface area contributed by atoms with E-state index in [1.165, 1.54) is 22.5 Å². The molecule has 0 fully saturated rings. The van der Waals surface area contributed by atoms with E-state index in [0.29, 0.717) is 5.13 Å². The molecule has 4 heteroatoms. The number of nitrogens with one attached hydrogen (secondary N) is 1. The molecule has 3 rings (SSSR count). The first-order chi connectivity index (χ1) is 11.1. The number of carbonyl (C=O) groups excluding carboxylic acids is 1. The second-order valence-corrected chi connectivity index (χ2v) is 6.48. The molecule has 116 valence electrons. The average molecular weight is 322 g/mol. The summed E-state index contributed by atoms with van der Waals surface area (Å²) in [5, 5.41) is 5.39. The number of thiazole rings is 1. The van der Waals surface area contributed by atoms with Gasteiger partial charge in [0, 0.05) is 11.6 Å². The molecular formula is C19H18N2OS. The fourth-order valence-corrected chi connectivity index (χ4v) is 3.01. The summed E-state index contributed by atoms with van der Waals surface area (Å²) in [6, 6.07) is 16.2. The van der Waals surface area contributed by atoms with E-state index < -0.39 is 0 Å². The van der Waals surface area contributed by atoms with Crippen LogP contribution in [0.4, 0.5) is 5.13 Å². The van der Waals surface area contributed by atoms with Crippen molar-refractivity contribution in [1.82, 2.24) is 4.98 Å². The van der Waals surface area contributed by atoms with E-state index in [4.69, 9.17) is 0 Å². The Morgan fingerprint density at radius 1 is 0.957 bits per heavy atom. The van der Waals surface area contributed by atoms with Crippen molar-refractivity contribution in [2.24, 2.45) is 0 Å². The minimum atomic E-state index is -0.347. The molecule has 2 aromatic carbocycles. The van der Waals surface area contributed by atoms with Gasteiger partial charge in [-0.1, -0.05) is 59.7 Å². The number of carbonyl (C=O) groups is 1. The zero-order valence-electron chi connectivity index (χ0n) is 13.1. The number of hydrogen-bond donors (Lipinski definition) is 1. The number of rotatable bonds is 4. The maximum Gasteiger partial charge on any atom is 0.238 e. The van der Waals surface area contributed by atoms with Crippen molar-refractivity contribution in [2.75, 3.05) is 5.32 Å². The molecule has 0 unspecified atom stereocenters. The number of nitrogens with zero attached hydrogens (tertiary/aromatic N) is 1. The monoisotopic (exact) mass is 322 g/mol. The van der Waals surface area contributed by atoms with Crippen LogP contribution >= 0.6 is 11.3 Å². The fourth-order valence-electron chi connectivity index (χ4n) is 2.48. The first-order valence-electron chi connectivity index (χ1n) is 7.47. The van der Waals surface area contributed by atoms with Gasteiger partial charge in [-0.25, -0.2) is 4.98 Å². The van der Waals surface area contributed by atoms with Gasteiger partial charge in [-0.15, -0.1) is 11.3 Å². The summed E-state index contributed by atoms with van der Waals surface area (Å²) < 4.78 is 0. The minimum Gasteiger partial charge on any atom is -0.301 e. The summed E-state index contributed by atoms with van der Waals surface area (Å²) in [5.74, 6) is -0.409. The van der Waals surface area contributed by atoms with Crippen LogP contribution in [0.25, 0.3) is 0 Å². The predicted molar refractivity (Wildman–Crippen MR) is 94.9 cm³/mol. The molecule has 0 aliphatic rings. The summed E-state index contributed by atoms with van der Waals surface area (Å²) in [4.78, 5) is 17.0. The van der Waals surface area contributed by atoms with Crippen LogP contribution in [0.3, 0.4) is 0 Å². The normalized spacial score (nSPS) is 10.7. The standard InChI is InChI=1S/C19H18N2OS/c1-13-3-7-15(8-4-13)17(16-9-5-14(2)6-10-16)18(22)21-19-20-11-12-23-19/h3-12,17H,1-2H3,(H,20,21,22). The number of hydrogen-bond acceptors (Lipinski definition) is 3. The van der Waals surface area contributed by atoms with Gasteiger partial charge in [0.05, 0.1) is 5.92 Å². The van der Waals surface area contributed by atoms with Gasteiger partial charge in [0.25, 0.3) is 0 Å². The van der Waals surface area contributed by atoms with E-state index in [1.54, 1.807) is 6.20 Å². The highest BCUT2D eigenvalue weighted by Gasteiger charge is 2.23. The van der Waals surface area contributed by atoms with E-state index >= 15 is 0 Å². The zero-order chi connectivity index (χ0) is 16.2. The molecule has 1 aromatic heterocycles. The number of anilines is 1. The molecule has 0 saturated carbocycles. The maximum atomic E-state index is 12.8. The molecule has 3 aromatic rings. The summed E-state index contributed by atoms with van der Waals surface area (Å²) in [5.41, 5.74) is 4.32. The van der Waals surface area contributed by atoms with Crippen molar-refractivity contribution in [3.63, 3.8) is 0 Å². The van der Waals surface area contributed by atoms with Gasteiger partial charge in [-0.05, 0) is 25.0 Å². The van der Waals surface area contributed by atoms with E-state index in [2.05, 4.69) is 10.3 Å². The SMILES string of the molecule is Cc1ccc(C(C(=O)Nc2nccs2)c2ccc(C)cc2)cc1. The van der Waals surface area contributed by atoms with Crippen LogP contribution < -0.4 is 5.32 Å². The maximum absolute atomic E-state index is 12.8.